The van der Waals surface area contributed by atoms with Gasteiger partial charge in [0.1, 0.15) is 10.9 Å². The third kappa shape index (κ3) is 3.29. The van der Waals surface area contributed by atoms with Crippen LogP contribution < -0.4 is 0 Å². The summed E-state index contributed by atoms with van der Waals surface area (Å²) in [6.07, 6.45) is -2.97. The summed E-state index contributed by atoms with van der Waals surface area (Å²) in [5.74, 6) is 0. The van der Waals surface area contributed by atoms with Crippen molar-refractivity contribution < 1.29 is 21.6 Å². The lowest BCUT2D eigenvalue weighted by molar-refractivity contribution is -0.141. The van der Waals surface area contributed by atoms with Gasteiger partial charge in [-0.1, -0.05) is 36.4 Å². The zero-order valence-electron chi connectivity index (χ0n) is 12.6. The van der Waals surface area contributed by atoms with E-state index < -0.39 is 27.1 Å². The fraction of sp³-hybridized carbons (Fsp3) is 0.312. The average Bonchev–Trinajstić information content (AvgIpc) is 2.83. The van der Waals surface area contributed by atoms with Crippen LogP contribution in [0.5, 0.6) is 0 Å². The zero-order chi connectivity index (χ0) is 17.4. The molecule has 0 radical (unpaired) electrons. The first kappa shape index (κ1) is 16.9. The summed E-state index contributed by atoms with van der Waals surface area (Å²) < 4.78 is 64.2. The van der Waals surface area contributed by atoms with E-state index in [1.807, 2.05) is 6.07 Å². The standard InChI is InChI=1S/C16H15F3N2O2S/c17-16(18,19)15-7-6-12(10-20-15)11-21-9-8-14(24(21,22)23)13-4-2-1-3-5-13/h1-7,10,14H,8-9,11H2. The minimum absolute atomic E-state index is 0.0246. The van der Waals surface area contributed by atoms with Gasteiger partial charge in [0, 0.05) is 19.3 Å². The van der Waals surface area contributed by atoms with Gasteiger partial charge in [-0.25, -0.2) is 8.42 Å². The first-order chi connectivity index (χ1) is 11.3. The van der Waals surface area contributed by atoms with Crippen molar-refractivity contribution in [1.82, 2.24) is 9.29 Å². The lowest BCUT2D eigenvalue weighted by Gasteiger charge is -2.17. The number of alkyl halides is 3. The molecule has 2 heterocycles. The summed E-state index contributed by atoms with van der Waals surface area (Å²) in [5, 5.41) is -0.610. The molecule has 0 N–H and O–H groups in total. The third-order valence-corrected chi connectivity index (χ3v) is 6.26. The molecule has 0 spiro atoms. The van der Waals surface area contributed by atoms with Gasteiger partial charge in [-0.15, -0.1) is 0 Å². The maximum Gasteiger partial charge on any atom is 0.433 e. The Bertz CT molecular complexity index is 805. The van der Waals surface area contributed by atoms with Gasteiger partial charge in [-0.2, -0.15) is 17.5 Å². The van der Waals surface area contributed by atoms with Crippen molar-refractivity contribution in [2.24, 2.45) is 0 Å². The Morgan fingerprint density at radius 1 is 1.12 bits per heavy atom. The van der Waals surface area contributed by atoms with Crippen LogP contribution in [0.3, 0.4) is 0 Å². The molecule has 0 saturated carbocycles. The Morgan fingerprint density at radius 3 is 2.42 bits per heavy atom. The average molecular weight is 356 g/mol. The highest BCUT2D eigenvalue weighted by Crippen LogP contribution is 2.36. The molecular formula is C16H15F3N2O2S. The Balaban J connectivity index is 1.77. The lowest BCUT2D eigenvalue weighted by Crippen LogP contribution is -2.26. The summed E-state index contributed by atoms with van der Waals surface area (Å²) in [4.78, 5) is 3.37. The van der Waals surface area contributed by atoms with Crippen LogP contribution in [0.4, 0.5) is 13.2 Å². The smallest absolute Gasteiger partial charge is 0.251 e. The molecule has 1 aromatic heterocycles. The molecule has 1 saturated heterocycles. The van der Waals surface area contributed by atoms with Crippen LogP contribution in [-0.2, 0) is 22.7 Å². The molecule has 4 nitrogen and oxygen atoms in total. The molecule has 24 heavy (non-hydrogen) atoms. The molecule has 128 valence electrons. The first-order valence-electron chi connectivity index (χ1n) is 7.34. The van der Waals surface area contributed by atoms with Crippen LogP contribution in [0.25, 0.3) is 0 Å². The maximum absolute atomic E-state index is 12.6. The van der Waals surface area contributed by atoms with E-state index in [1.54, 1.807) is 24.3 Å². The third-order valence-electron chi connectivity index (χ3n) is 4.01. The normalized spacial score (nSPS) is 21.0. The van der Waals surface area contributed by atoms with E-state index in [4.69, 9.17) is 0 Å². The van der Waals surface area contributed by atoms with Crippen LogP contribution in [0.2, 0.25) is 0 Å². The van der Waals surface area contributed by atoms with E-state index in [0.29, 0.717) is 18.5 Å². The molecule has 1 atom stereocenters. The highest BCUT2D eigenvalue weighted by molar-refractivity contribution is 7.89. The van der Waals surface area contributed by atoms with E-state index in [9.17, 15) is 21.6 Å². The Kier molecular flexibility index (Phi) is 4.35. The molecule has 8 heteroatoms. The molecule has 2 aromatic rings. The minimum atomic E-state index is -4.50. The Hall–Kier alpha value is -1.93. The fourth-order valence-corrected chi connectivity index (χ4v) is 4.74. The second-order valence-electron chi connectivity index (χ2n) is 5.62. The van der Waals surface area contributed by atoms with Crippen molar-refractivity contribution in [3.63, 3.8) is 0 Å². The number of hydrogen-bond acceptors (Lipinski definition) is 3. The number of halogens is 3. The van der Waals surface area contributed by atoms with Crippen LogP contribution in [0.1, 0.15) is 28.5 Å². The number of hydrogen-bond donors (Lipinski definition) is 0. The van der Waals surface area contributed by atoms with Crippen molar-refractivity contribution in [1.29, 1.82) is 0 Å². The number of aromatic nitrogens is 1. The molecular weight excluding hydrogens is 341 g/mol. The van der Waals surface area contributed by atoms with Gasteiger partial charge in [-0.05, 0) is 23.6 Å². The van der Waals surface area contributed by atoms with Crippen molar-refractivity contribution in [2.45, 2.75) is 24.4 Å². The summed E-state index contributed by atoms with van der Waals surface area (Å²) in [5.41, 5.74) is 0.170. The monoisotopic (exact) mass is 356 g/mol. The van der Waals surface area contributed by atoms with Crippen molar-refractivity contribution in [2.75, 3.05) is 6.54 Å². The molecule has 3 rings (SSSR count). The van der Waals surface area contributed by atoms with Crippen molar-refractivity contribution in [3.8, 4) is 0 Å². The molecule has 0 bridgehead atoms. The quantitative estimate of drug-likeness (QED) is 0.847. The van der Waals surface area contributed by atoms with Crippen LogP contribution in [-0.4, -0.2) is 24.3 Å². The van der Waals surface area contributed by atoms with Crippen LogP contribution in [0.15, 0.2) is 48.7 Å². The molecule has 1 aromatic carbocycles. The van der Waals surface area contributed by atoms with Crippen molar-refractivity contribution in [3.05, 3.63) is 65.5 Å². The van der Waals surface area contributed by atoms with Gasteiger partial charge in [0.2, 0.25) is 10.0 Å². The van der Waals surface area contributed by atoms with E-state index in [0.717, 1.165) is 17.8 Å². The van der Waals surface area contributed by atoms with Crippen LogP contribution in [0, 0.1) is 0 Å². The highest BCUT2D eigenvalue weighted by atomic mass is 32.2. The van der Waals surface area contributed by atoms with E-state index >= 15 is 0 Å². The summed E-state index contributed by atoms with van der Waals surface area (Å²) in [6.45, 7) is 0.361. The van der Waals surface area contributed by atoms with E-state index in [1.165, 1.54) is 10.4 Å². The van der Waals surface area contributed by atoms with Gasteiger partial charge in [0.05, 0.1) is 0 Å². The zero-order valence-corrected chi connectivity index (χ0v) is 13.4. The predicted octanol–water partition coefficient (Wildman–Crippen LogP) is 3.38. The van der Waals surface area contributed by atoms with Crippen molar-refractivity contribution >= 4 is 10.0 Å². The van der Waals surface area contributed by atoms with Gasteiger partial charge >= 0.3 is 6.18 Å². The largest absolute Gasteiger partial charge is 0.433 e. The van der Waals surface area contributed by atoms with Gasteiger partial charge in [0.25, 0.3) is 0 Å². The number of pyridine rings is 1. The molecule has 1 aliphatic heterocycles. The second-order valence-corrected chi connectivity index (χ2v) is 7.73. The van der Waals surface area contributed by atoms with E-state index in [-0.39, 0.29) is 6.54 Å². The topological polar surface area (TPSA) is 50.3 Å². The molecule has 1 unspecified atom stereocenters. The Labute approximate surface area is 138 Å². The minimum Gasteiger partial charge on any atom is -0.251 e. The fourth-order valence-electron chi connectivity index (χ4n) is 2.78. The number of benzene rings is 1. The van der Waals surface area contributed by atoms with Crippen LogP contribution >= 0.6 is 0 Å². The molecule has 0 amide bonds. The molecule has 0 aliphatic carbocycles. The lowest BCUT2D eigenvalue weighted by atomic mass is 10.1. The first-order valence-corrected chi connectivity index (χ1v) is 8.85. The second kappa shape index (κ2) is 6.18. The van der Waals surface area contributed by atoms with E-state index in [2.05, 4.69) is 4.98 Å². The molecule has 1 fully saturated rings. The number of nitrogens with zero attached hydrogens (tertiary/aromatic N) is 2. The SMILES string of the molecule is O=S1(=O)C(c2ccccc2)CCN1Cc1ccc(C(F)(F)F)nc1. The van der Waals surface area contributed by atoms with Gasteiger partial charge < -0.3 is 0 Å². The number of sulfonamides is 1. The van der Waals surface area contributed by atoms with Gasteiger partial charge in [0.15, 0.2) is 0 Å². The predicted molar refractivity (Wildman–Crippen MR) is 82.4 cm³/mol. The summed E-state index contributed by atoms with van der Waals surface area (Å²) in [6, 6.07) is 11.1. The number of rotatable bonds is 3. The maximum atomic E-state index is 12.6. The Morgan fingerprint density at radius 2 is 1.83 bits per heavy atom. The van der Waals surface area contributed by atoms with Gasteiger partial charge in [-0.3, -0.25) is 4.98 Å². The summed E-state index contributed by atoms with van der Waals surface area (Å²) >= 11 is 0. The molecule has 1 aliphatic rings. The summed E-state index contributed by atoms with van der Waals surface area (Å²) in [7, 11) is -3.53. The highest BCUT2D eigenvalue weighted by Gasteiger charge is 2.39.